The van der Waals surface area contributed by atoms with Crippen LogP contribution in [0.3, 0.4) is 0 Å². The van der Waals surface area contributed by atoms with E-state index in [0.717, 1.165) is 0 Å². The second kappa shape index (κ2) is 3.08. The number of carbonyl (C=O) groups excluding carboxylic acids is 1. The molecule has 0 N–H and O–H groups in total. The highest BCUT2D eigenvalue weighted by Gasteiger charge is 2.35. The molecule has 2 heteroatoms. The fraction of sp³-hybridized carbons (Fsp3) is 0.900. The van der Waals surface area contributed by atoms with Crippen molar-refractivity contribution in [3.63, 3.8) is 0 Å². The summed E-state index contributed by atoms with van der Waals surface area (Å²) in [4.78, 5) is 11.2. The van der Waals surface area contributed by atoms with Gasteiger partial charge in [-0.05, 0) is 17.3 Å². The highest BCUT2D eigenvalue weighted by Crippen LogP contribution is 2.38. The van der Waals surface area contributed by atoms with Crippen LogP contribution < -0.4 is 0 Å². The van der Waals surface area contributed by atoms with E-state index < -0.39 is 0 Å². The minimum absolute atomic E-state index is 0.0452. The fourth-order valence-electron chi connectivity index (χ4n) is 1.72. The van der Waals surface area contributed by atoms with Crippen LogP contribution in [-0.2, 0) is 9.53 Å². The van der Waals surface area contributed by atoms with Gasteiger partial charge in [-0.2, -0.15) is 0 Å². The van der Waals surface area contributed by atoms with E-state index in [1.54, 1.807) is 0 Å². The first-order chi connectivity index (χ1) is 5.43. The minimum Gasteiger partial charge on any atom is -0.465 e. The predicted molar refractivity (Wildman–Crippen MR) is 47.7 cm³/mol. The molecule has 2 nitrogen and oxygen atoms in total. The molecule has 0 saturated carbocycles. The molecule has 1 aliphatic rings. The summed E-state index contributed by atoms with van der Waals surface area (Å²) < 4.78 is 5.08. The zero-order valence-electron chi connectivity index (χ0n) is 8.39. The Balaban J connectivity index is 2.79. The molecule has 0 aliphatic carbocycles. The average Bonchev–Trinajstić information content (AvgIpc) is 2.03. The standard InChI is InChI=1S/C10H18O2/c1-7-6-12-9(11)5-10(3,4)8(7)2/h7-8H,5-6H2,1-4H3. The summed E-state index contributed by atoms with van der Waals surface area (Å²) in [5.74, 6) is 0.978. The van der Waals surface area contributed by atoms with Crippen molar-refractivity contribution in [1.82, 2.24) is 0 Å². The van der Waals surface area contributed by atoms with Crippen molar-refractivity contribution in [2.45, 2.75) is 34.1 Å². The maximum absolute atomic E-state index is 11.2. The smallest absolute Gasteiger partial charge is 0.306 e. The number of hydrogen-bond acceptors (Lipinski definition) is 2. The molecule has 1 fully saturated rings. The Kier molecular flexibility index (Phi) is 2.45. The average molecular weight is 170 g/mol. The Hall–Kier alpha value is -0.530. The van der Waals surface area contributed by atoms with Gasteiger partial charge in [-0.3, -0.25) is 4.79 Å². The summed E-state index contributed by atoms with van der Waals surface area (Å²) in [6.07, 6.45) is 0.554. The van der Waals surface area contributed by atoms with Gasteiger partial charge >= 0.3 is 5.97 Å². The Morgan fingerprint density at radius 3 is 2.58 bits per heavy atom. The van der Waals surface area contributed by atoms with Gasteiger partial charge < -0.3 is 4.74 Å². The van der Waals surface area contributed by atoms with Crippen LogP contribution in [0.2, 0.25) is 0 Å². The van der Waals surface area contributed by atoms with E-state index in [-0.39, 0.29) is 11.4 Å². The molecule has 70 valence electrons. The highest BCUT2D eigenvalue weighted by atomic mass is 16.5. The van der Waals surface area contributed by atoms with Crippen LogP contribution in [0, 0.1) is 17.3 Å². The lowest BCUT2D eigenvalue weighted by Gasteiger charge is -2.31. The fourth-order valence-corrected chi connectivity index (χ4v) is 1.72. The zero-order chi connectivity index (χ0) is 9.35. The van der Waals surface area contributed by atoms with Gasteiger partial charge in [-0.1, -0.05) is 27.7 Å². The number of carbonyl (C=O) groups is 1. The quantitative estimate of drug-likeness (QED) is 0.521. The summed E-state index contributed by atoms with van der Waals surface area (Å²) in [6, 6.07) is 0. The first-order valence-corrected chi connectivity index (χ1v) is 4.59. The second-order valence-corrected chi connectivity index (χ2v) is 4.61. The van der Waals surface area contributed by atoms with E-state index >= 15 is 0 Å². The molecule has 1 heterocycles. The Morgan fingerprint density at radius 2 is 2.00 bits per heavy atom. The molecule has 1 aliphatic heterocycles. The SMILES string of the molecule is CC1COC(=O)CC(C)(C)C1C. The normalized spacial score (nSPS) is 35.5. The summed E-state index contributed by atoms with van der Waals surface area (Å²) in [5.41, 5.74) is 0.0903. The third kappa shape index (κ3) is 1.79. The van der Waals surface area contributed by atoms with Crippen molar-refractivity contribution >= 4 is 5.97 Å². The van der Waals surface area contributed by atoms with Crippen LogP contribution in [0.15, 0.2) is 0 Å². The topological polar surface area (TPSA) is 26.3 Å². The molecule has 0 amide bonds. The van der Waals surface area contributed by atoms with Crippen molar-refractivity contribution in [3.05, 3.63) is 0 Å². The molecule has 0 aromatic carbocycles. The molecule has 2 atom stereocenters. The molecule has 0 aromatic heterocycles. The molecule has 1 rings (SSSR count). The Morgan fingerprint density at radius 1 is 1.42 bits per heavy atom. The van der Waals surface area contributed by atoms with Gasteiger partial charge in [0.05, 0.1) is 13.0 Å². The van der Waals surface area contributed by atoms with E-state index in [1.807, 2.05) is 0 Å². The van der Waals surface area contributed by atoms with E-state index in [9.17, 15) is 4.79 Å². The number of ether oxygens (including phenoxy) is 1. The van der Waals surface area contributed by atoms with Gasteiger partial charge in [-0.25, -0.2) is 0 Å². The van der Waals surface area contributed by atoms with Gasteiger partial charge in [0.2, 0.25) is 0 Å². The molecule has 0 spiro atoms. The number of rotatable bonds is 0. The maximum Gasteiger partial charge on any atom is 0.306 e. The Bertz CT molecular complexity index is 184. The zero-order valence-corrected chi connectivity index (χ0v) is 8.39. The third-order valence-electron chi connectivity index (χ3n) is 3.19. The van der Waals surface area contributed by atoms with Gasteiger partial charge in [0.1, 0.15) is 0 Å². The van der Waals surface area contributed by atoms with Crippen LogP contribution in [0.4, 0.5) is 0 Å². The van der Waals surface area contributed by atoms with Gasteiger partial charge in [0.25, 0.3) is 0 Å². The lowest BCUT2D eigenvalue weighted by molar-refractivity contribution is -0.144. The number of esters is 1. The molecule has 2 unspecified atom stereocenters. The van der Waals surface area contributed by atoms with E-state index in [4.69, 9.17) is 4.74 Å². The largest absolute Gasteiger partial charge is 0.465 e. The molecular weight excluding hydrogens is 152 g/mol. The maximum atomic E-state index is 11.2. The van der Waals surface area contributed by atoms with Crippen molar-refractivity contribution in [1.29, 1.82) is 0 Å². The lowest BCUT2D eigenvalue weighted by atomic mass is 9.72. The van der Waals surface area contributed by atoms with Crippen molar-refractivity contribution in [3.8, 4) is 0 Å². The van der Waals surface area contributed by atoms with Gasteiger partial charge in [-0.15, -0.1) is 0 Å². The minimum atomic E-state index is -0.0452. The van der Waals surface area contributed by atoms with Crippen molar-refractivity contribution in [2.24, 2.45) is 17.3 Å². The monoisotopic (exact) mass is 170 g/mol. The highest BCUT2D eigenvalue weighted by molar-refractivity contribution is 5.70. The van der Waals surface area contributed by atoms with E-state index in [0.29, 0.717) is 24.9 Å². The van der Waals surface area contributed by atoms with Crippen LogP contribution in [0.5, 0.6) is 0 Å². The summed E-state index contributed by atoms with van der Waals surface area (Å²) in [6.45, 7) is 9.21. The van der Waals surface area contributed by atoms with Gasteiger partial charge in [0, 0.05) is 0 Å². The summed E-state index contributed by atoms with van der Waals surface area (Å²) in [5, 5.41) is 0. The molecule has 0 radical (unpaired) electrons. The predicted octanol–water partition coefficient (Wildman–Crippen LogP) is 2.23. The van der Waals surface area contributed by atoms with Crippen LogP contribution in [0.1, 0.15) is 34.1 Å². The van der Waals surface area contributed by atoms with E-state index in [1.165, 1.54) is 0 Å². The summed E-state index contributed by atoms with van der Waals surface area (Å²) in [7, 11) is 0. The van der Waals surface area contributed by atoms with E-state index in [2.05, 4.69) is 27.7 Å². The van der Waals surface area contributed by atoms with Crippen LogP contribution >= 0.6 is 0 Å². The molecule has 0 aromatic rings. The molecule has 12 heavy (non-hydrogen) atoms. The molecule has 1 saturated heterocycles. The number of cyclic esters (lactones) is 1. The van der Waals surface area contributed by atoms with Crippen molar-refractivity contribution < 1.29 is 9.53 Å². The summed E-state index contributed by atoms with van der Waals surface area (Å²) >= 11 is 0. The lowest BCUT2D eigenvalue weighted by Crippen LogP contribution is -2.26. The first-order valence-electron chi connectivity index (χ1n) is 4.59. The van der Waals surface area contributed by atoms with Crippen LogP contribution in [-0.4, -0.2) is 12.6 Å². The Labute approximate surface area is 74.3 Å². The van der Waals surface area contributed by atoms with Crippen molar-refractivity contribution in [2.75, 3.05) is 6.61 Å². The van der Waals surface area contributed by atoms with Crippen LogP contribution in [0.25, 0.3) is 0 Å². The first kappa shape index (κ1) is 9.56. The molecule has 0 bridgehead atoms. The second-order valence-electron chi connectivity index (χ2n) is 4.61. The third-order valence-corrected chi connectivity index (χ3v) is 3.19. The van der Waals surface area contributed by atoms with Gasteiger partial charge in [0.15, 0.2) is 0 Å². The molecular formula is C10H18O2. The number of hydrogen-bond donors (Lipinski definition) is 0.